The first-order chi connectivity index (χ1) is 9.06. The van der Waals surface area contributed by atoms with E-state index in [1.165, 1.54) is 0 Å². The maximum Gasteiger partial charge on any atom is 0.115 e. The first-order valence-electron chi connectivity index (χ1n) is 6.02. The van der Waals surface area contributed by atoms with Crippen molar-refractivity contribution in [3.05, 3.63) is 71.3 Å². The molecule has 0 aliphatic heterocycles. The van der Waals surface area contributed by atoms with Crippen molar-refractivity contribution in [3.8, 4) is 5.75 Å². The number of aliphatic hydroxyl groups is 1. The predicted molar refractivity (Wildman–Crippen MR) is 79.9 cm³/mol. The summed E-state index contributed by atoms with van der Waals surface area (Å²) in [5, 5.41) is 18.6. The highest BCUT2D eigenvalue weighted by molar-refractivity contribution is 5.72. The average molecular weight is 252 g/mol. The Morgan fingerprint density at radius 1 is 1.05 bits per heavy atom. The Bertz CT molecular complexity index is 622. The van der Waals surface area contributed by atoms with Gasteiger partial charge in [0.2, 0.25) is 0 Å². The molecular formula is C17H16O2. The molecule has 0 atom stereocenters. The Labute approximate surface area is 113 Å². The van der Waals surface area contributed by atoms with Gasteiger partial charge in [0.1, 0.15) is 11.5 Å². The second kappa shape index (κ2) is 5.44. The average Bonchev–Trinajstić information content (AvgIpc) is 2.38. The first kappa shape index (κ1) is 13.0. The number of aromatic hydroxyl groups is 1. The standard InChI is InChI=1S/C17H16O2/c1-12-11-17(19)10-9-15(12)6-3-14-4-7-16(8-5-14)13(2)18/h3-11,18-19H,2H2,1H3/b6-3+. The molecule has 2 N–H and O–H groups in total. The van der Waals surface area contributed by atoms with Gasteiger partial charge in [-0.15, -0.1) is 0 Å². The van der Waals surface area contributed by atoms with Crippen molar-refractivity contribution >= 4 is 17.9 Å². The Morgan fingerprint density at radius 3 is 2.32 bits per heavy atom. The Balaban J connectivity index is 2.20. The number of benzene rings is 2. The summed E-state index contributed by atoms with van der Waals surface area (Å²) in [5.74, 6) is 0.352. The van der Waals surface area contributed by atoms with Gasteiger partial charge in [-0.1, -0.05) is 49.1 Å². The summed E-state index contributed by atoms with van der Waals surface area (Å²) in [6, 6.07) is 12.8. The van der Waals surface area contributed by atoms with Crippen LogP contribution < -0.4 is 0 Å². The zero-order chi connectivity index (χ0) is 13.8. The lowest BCUT2D eigenvalue weighted by Crippen LogP contribution is -1.81. The van der Waals surface area contributed by atoms with Crippen molar-refractivity contribution in [1.82, 2.24) is 0 Å². The Morgan fingerprint density at radius 2 is 1.74 bits per heavy atom. The second-order valence-corrected chi connectivity index (χ2v) is 4.44. The molecule has 0 aliphatic carbocycles. The van der Waals surface area contributed by atoms with Crippen LogP contribution in [0.5, 0.6) is 5.75 Å². The van der Waals surface area contributed by atoms with Crippen molar-refractivity contribution in [3.63, 3.8) is 0 Å². The first-order valence-corrected chi connectivity index (χ1v) is 6.02. The number of hydrogen-bond donors (Lipinski definition) is 2. The van der Waals surface area contributed by atoms with Crippen LogP contribution in [0.15, 0.2) is 49.0 Å². The third-order valence-electron chi connectivity index (χ3n) is 2.95. The molecule has 2 heteroatoms. The molecule has 2 aromatic rings. The largest absolute Gasteiger partial charge is 0.508 e. The molecule has 0 radical (unpaired) electrons. The zero-order valence-electron chi connectivity index (χ0n) is 10.8. The smallest absolute Gasteiger partial charge is 0.115 e. The van der Waals surface area contributed by atoms with Crippen LogP contribution >= 0.6 is 0 Å². The third kappa shape index (κ3) is 3.26. The maximum absolute atomic E-state index is 9.35. The molecule has 0 aliphatic rings. The Kier molecular flexibility index (Phi) is 3.71. The predicted octanol–water partition coefficient (Wildman–Crippen LogP) is 4.40. The number of rotatable bonds is 3. The fourth-order valence-electron chi connectivity index (χ4n) is 1.82. The number of phenols is 1. The van der Waals surface area contributed by atoms with Gasteiger partial charge in [0.05, 0.1) is 0 Å². The lowest BCUT2D eigenvalue weighted by atomic mass is 10.1. The highest BCUT2D eigenvalue weighted by atomic mass is 16.3. The molecule has 0 saturated carbocycles. The van der Waals surface area contributed by atoms with Crippen LogP contribution in [0.2, 0.25) is 0 Å². The molecular weight excluding hydrogens is 236 g/mol. The molecule has 0 spiro atoms. The molecule has 0 unspecified atom stereocenters. The van der Waals surface area contributed by atoms with Gasteiger partial charge in [0.25, 0.3) is 0 Å². The van der Waals surface area contributed by atoms with Crippen LogP contribution in [0.25, 0.3) is 17.9 Å². The van der Waals surface area contributed by atoms with Crippen LogP contribution in [-0.4, -0.2) is 10.2 Å². The molecule has 2 aromatic carbocycles. The summed E-state index contributed by atoms with van der Waals surface area (Å²) < 4.78 is 0. The van der Waals surface area contributed by atoms with Gasteiger partial charge < -0.3 is 10.2 Å². The monoisotopic (exact) mass is 252 g/mol. The van der Waals surface area contributed by atoms with E-state index in [2.05, 4.69) is 6.58 Å². The second-order valence-electron chi connectivity index (χ2n) is 4.44. The van der Waals surface area contributed by atoms with Gasteiger partial charge in [0, 0.05) is 5.56 Å². The van der Waals surface area contributed by atoms with Gasteiger partial charge in [0.15, 0.2) is 0 Å². The fourth-order valence-corrected chi connectivity index (χ4v) is 1.82. The molecule has 0 amide bonds. The highest BCUT2D eigenvalue weighted by Gasteiger charge is 1.97. The zero-order valence-corrected chi connectivity index (χ0v) is 10.8. The van der Waals surface area contributed by atoms with E-state index in [-0.39, 0.29) is 11.5 Å². The summed E-state index contributed by atoms with van der Waals surface area (Å²) >= 11 is 0. The van der Waals surface area contributed by atoms with Crippen LogP contribution in [-0.2, 0) is 0 Å². The summed E-state index contributed by atoms with van der Waals surface area (Å²) in [6.45, 7) is 5.44. The van der Waals surface area contributed by atoms with Crippen molar-refractivity contribution in [2.45, 2.75) is 6.92 Å². The number of phenolic OH excluding ortho intramolecular Hbond substituents is 1. The molecule has 96 valence electrons. The van der Waals surface area contributed by atoms with Gasteiger partial charge in [-0.05, 0) is 35.7 Å². The summed E-state index contributed by atoms with van der Waals surface area (Å²) in [6.07, 6.45) is 3.99. The van der Waals surface area contributed by atoms with Crippen molar-refractivity contribution in [2.24, 2.45) is 0 Å². The molecule has 2 nitrogen and oxygen atoms in total. The van der Waals surface area contributed by atoms with E-state index in [9.17, 15) is 10.2 Å². The molecule has 0 bridgehead atoms. The van der Waals surface area contributed by atoms with Crippen LogP contribution in [0.3, 0.4) is 0 Å². The molecule has 0 heterocycles. The fraction of sp³-hybridized carbons (Fsp3) is 0.0588. The summed E-state index contributed by atoms with van der Waals surface area (Å²) in [7, 11) is 0. The van der Waals surface area contributed by atoms with E-state index < -0.39 is 0 Å². The van der Waals surface area contributed by atoms with E-state index >= 15 is 0 Å². The summed E-state index contributed by atoms with van der Waals surface area (Å²) in [5.41, 5.74) is 3.85. The van der Waals surface area contributed by atoms with Gasteiger partial charge in [-0.25, -0.2) is 0 Å². The third-order valence-corrected chi connectivity index (χ3v) is 2.95. The molecule has 0 fully saturated rings. The van der Waals surface area contributed by atoms with Gasteiger partial charge >= 0.3 is 0 Å². The minimum atomic E-state index is 0.0740. The molecule has 19 heavy (non-hydrogen) atoms. The van der Waals surface area contributed by atoms with Crippen LogP contribution in [0.1, 0.15) is 22.3 Å². The number of aliphatic hydroxyl groups excluding tert-OH is 1. The van der Waals surface area contributed by atoms with E-state index in [4.69, 9.17) is 0 Å². The van der Waals surface area contributed by atoms with E-state index in [0.717, 1.165) is 22.3 Å². The van der Waals surface area contributed by atoms with Crippen LogP contribution in [0, 0.1) is 6.92 Å². The topological polar surface area (TPSA) is 40.5 Å². The quantitative estimate of drug-likeness (QED) is 0.628. The lowest BCUT2D eigenvalue weighted by molar-refractivity contribution is 0.475. The Hall–Kier alpha value is -2.48. The number of hydrogen-bond acceptors (Lipinski definition) is 2. The SMILES string of the molecule is C=C(O)c1ccc(/C=C/c2ccc(O)cc2C)cc1. The minimum absolute atomic E-state index is 0.0740. The molecule has 0 aromatic heterocycles. The van der Waals surface area contributed by atoms with Crippen LogP contribution in [0.4, 0.5) is 0 Å². The van der Waals surface area contributed by atoms with E-state index in [1.54, 1.807) is 12.1 Å². The van der Waals surface area contributed by atoms with Gasteiger partial charge in [-0.2, -0.15) is 0 Å². The maximum atomic E-state index is 9.35. The lowest BCUT2D eigenvalue weighted by Gasteiger charge is -2.02. The number of aryl methyl sites for hydroxylation is 1. The normalized spacial score (nSPS) is 10.8. The van der Waals surface area contributed by atoms with Gasteiger partial charge in [-0.3, -0.25) is 0 Å². The van der Waals surface area contributed by atoms with Crippen molar-refractivity contribution in [1.29, 1.82) is 0 Å². The van der Waals surface area contributed by atoms with E-state index in [1.807, 2.05) is 49.4 Å². The minimum Gasteiger partial charge on any atom is -0.508 e. The molecule has 2 rings (SSSR count). The molecule has 0 saturated heterocycles. The van der Waals surface area contributed by atoms with Crippen molar-refractivity contribution < 1.29 is 10.2 Å². The summed E-state index contributed by atoms with van der Waals surface area (Å²) in [4.78, 5) is 0. The highest BCUT2D eigenvalue weighted by Crippen LogP contribution is 2.18. The van der Waals surface area contributed by atoms with E-state index in [0.29, 0.717) is 0 Å². The van der Waals surface area contributed by atoms with Crippen molar-refractivity contribution in [2.75, 3.05) is 0 Å².